The van der Waals surface area contributed by atoms with E-state index >= 15 is 0 Å². The Balaban J connectivity index is 1.58. The zero-order valence-electron chi connectivity index (χ0n) is 30.5. The van der Waals surface area contributed by atoms with Crippen LogP contribution < -0.4 is 10.6 Å². The van der Waals surface area contributed by atoms with Gasteiger partial charge in [0, 0.05) is 39.5 Å². The van der Waals surface area contributed by atoms with Crippen molar-refractivity contribution in [3.8, 4) is 0 Å². The number of unbranched alkanes of at least 4 members (excludes halogenated alkanes) is 4. The second kappa shape index (κ2) is 24.3. The van der Waals surface area contributed by atoms with Crippen molar-refractivity contribution in [2.75, 3.05) is 39.5 Å². The van der Waals surface area contributed by atoms with Gasteiger partial charge in [0.2, 0.25) is 17.7 Å². The van der Waals surface area contributed by atoms with Gasteiger partial charge in [0.25, 0.3) is 0 Å². The minimum absolute atomic E-state index is 0.00977. The first-order valence-corrected chi connectivity index (χ1v) is 18.7. The van der Waals surface area contributed by atoms with Crippen molar-refractivity contribution in [3.05, 3.63) is 0 Å². The number of nitrogens with one attached hydrogen (secondary N) is 2. The molecule has 0 aromatic heterocycles. The zero-order chi connectivity index (χ0) is 36.2. The van der Waals surface area contributed by atoms with Gasteiger partial charge in [-0.3, -0.25) is 14.4 Å². The van der Waals surface area contributed by atoms with Crippen LogP contribution in [0, 0.1) is 11.8 Å². The van der Waals surface area contributed by atoms with Gasteiger partial charge in [-0.25, -0.2) is 0 Å². The minimum atomic E-state index is -1.06. The number of hydrogen-bond acceptors (Lipinski definition) is 10. The van der Waals surface area contributed by atoms with Gasteiger partial charge in [-0.15, -0.1) is 0 Å². The maximum Gasteiger partial charge on any atom is 0.222 e. The lowest BCUT2D eigenvalue weighted by Crippen LogP contribution is -2.50. The number of hydrogen-bond donors (Lipinski definition) is 6. The average Bonchev–Trinajstić information content (AvgIpc) is 3.33. The third kappa shape index (κ3) is 16.8. The molecular formula is C36H67N3O10. The second-order valence-electron chi connectivity index (χ2n) is 14.3. The SMILES string of the molecule is CC(=O)N[C@@H](CO)C(OCCCCCC(=O)NCCCCCC(=O)N1C[C@H](OC2CCCC(C(C)C)CC2)C[C@H]1CO)OC(CO)[C@@H](C)O. The molecular weight excluding hydrogens is 634 g/mol. The van der Waals surface area contributed by atoms with Crippen LogP contribution in [0.3, 0.4) is 0 Å². The highest BCUT2D eigenvalue weighted by Gasteiger charge is 2.36. The van der Waals surface area contributed by atoms with Gasteiger partial charge < -0.3 is 50.2 Å². The van der Waals surface area contributed by atoms with Crippen LogP contribution in [-0.2, 0) is 28.6 Å². The predicted octanol–water partition coefficient (Wildman–Crippen LogP) is 2.40. The minimum Gasteiger partial charge on any atom is -0.394 e. The zero-order valence-corrected chi connectivity index (χ0v) is 30.5. The first-order valence-electron chi connectivity index (χ1n) is 18.7. The lowest BCUT2D eigenvalue weighted by Gasteiger charge is -2.30. The molecule has 3 amide bonds. The Morgan fingerprint density at radius 3 is 2.27 bits per heavy atom. The fourth-order valence-corrected chi connectivity index (χ4v) is 6.82. The fourth-order valence-electron chi connectivity index (χ4n) is 6.82. The number of rotatable bonds is 24. The van der Waals surface area contributed by atoms with E-state index in [1.54, 1.807) is 0 Å². The summed E-state index contributed by atoms with van der Waals surface area (Å²) >= 11 is 0. The highest BCUT2D eigenvalue weighted by Crippen LogP contribution is 2.32. The highest BCUT2D eigenvalue weighted by molar-refractivity contribution is 5.77. The highest BCUT2D eigenvalue weighted by atomic mass is 16.7. The van der Waals surface area contributed by atoms with E-state index in [2.05, 4.69) is 24.5 Å². The summed E-state index contributed by atoms with van der Waals surface area (Å²) in [4.78, 5) is 38.6. The van der Waals surface area contributed by atoms with Crippen molar-refractivity contribution < 1.29 is 49.0 Å². The molecule has 13 heteroatoms. The Hall–Kier alpha value is -1.87. The van der Waals surface area contributed by atoms with Crippen LogP contribution in [-0.4, -0.2) is 125 Å². The Morgan fingerprint density at radius 1 is 0.878 bits per heavy atom. The molecule has 13 nitrogen and oxygen atoms in total. The molecule has 0 aromatic carbocycles. The number of amides is 3. The summed E-state index contributed by atoms with van der Waals surface area (Å²) in [7, 11) is 0. The lowest BCUT2D eigenvalue weighted by molar-refractivity contribution is -0.214. The van der Waals surface area contributed by atoms with Gasteiger partial charge in [-0.2, -0.15) is 0 Å². The standard InChI is InChI=1S/C36H67N3O10/c1-25(2)28-12-11-13-30(17-16-28)48-31-20-29(22-40)39(21-31)35(46)15-8-5-9-18-37-34(45)14-7-6-10-19-47-36(32(23-41)38-27(4)44)49-33(24-42)26(3)43/h25-26,28-33,36,40-43H,5-24H2,1-4H3,(H,37,45)(H,38,44)/t26-,28?,29+,30?,31-,32+,33?,36?/m1/s1. The van der Waals surface area contributed by atoms with Crippen LogP contribution in [0.5, 0.6) is 0 Å². The summed E-state index contributed by atoms with van der Waals surface area (Å²) in [6.45, 7) is 7.76. The molecule has 6 N–H and O–H groups in total. The fraction of sp³-hybridized carbons (Fsp3) is 0.917. The van der Waals surface area contributed by atoms with E-state index in [0.717, 1.165) is 38.0 Å². The third-order valence-corrected chi connectivity index (χ3v) is 9.86. The van der Waals surface area contributed by atoms with Crippen LogP contribution in [0.1, 0.15) is 118 Å². The first-order chi connectivity index (χ1) is 23.5. The molecule has 1 aliphatic carbocycles. The van der Waals surface area contributed by atoms with Crippen LogP contribution in [0.15, 0.2) is 0 Å². The molecule has 2 rings (SSSR count). The van der Waals surface area contributed by atoms with Crippen LogP contribution in [0.4, 0.5) is 0 Å². The quantitative estimate of drug-likeness (QED) is 0.0496. The molecule has 1 aliphatic heterocycles. The molecule has 8 atom stereocenters. The van der Waals surface area contributed by atoms with Crippen LogP contribution in [0.25, 0.3) is 0 Å². The number of nitrogens with zero attached hydrogens (tertiary/aromatic N) is 1. The van der Waals surface area contributed by atoms with Gasteiger partial charge in [-0.1, -0.05) is 39.5 Å². The molecule has 1 saturated heterocycles. The topological polar surface area (TPSA) is 187 Å². The van der Waals surface area contributed by atoms with Crippen LogP contribution >= 0.6 is 0 Å². The molecule has 4 unspecified atom stereocenters. The summed E-state index contributed by atoms with van der Waals surface area (Å²) in [5.74, 6) is 1.12. The number of likely N-dealkylation sites (tertiary alicyclic amines) is 1. The molecule has 2 aliphatic rings. The van der Waals surface area contributed by atoms with Crippen molar-refractivity contribution in [1.29, 1.82) is 0 Å². The molecule has 1 heterocycles. The van der Waals surface area contributed by atoms with Crippen LogP contribution in [0.2, 0.25) is 0 Å². The van der Waals surface area contributed by atoms with E-state index in [-0.39, 0.29) is 49.2 Å². The van der Waals surface area contributed by atoms with E-state index < -0.39 is 37.8 Å². The van der Waals surface area contributed by atoms with E-state index in [9.17, 15) is 34.8 Å². The number of aliphatic hydroxyl groups is 4. The molecule has 286 valence electrons. The smallest absolute Gasteiger partial charge is 0.222 e. The largest absolute Gasteiger partial charge is 0.394 e. The molecule has 0 aromatic rings. The Morgan fingerprint density at radius 2 is 1.61 bits per heavy atom. The molecule has 49 heavy (non-hydrogen) atoms. The van der Waals surface area contributed by atoms with Gasteiger partial charge in [-0.05, 0) is 70.1 Å². The summed E-state index contributed by atoms with van der Waals surface area (Å²) in [6, 6.07) is -1.05. The number of carbonyl (C=O) groups is 3. The number of aliphatic hydroxyl groups excluding tert-OH is 4. The van der Waals surface area contributed by atoms with Crippen molar-refractivity contribution in [2.24, 2.45) is 11.8 Å². The molecule has 0 spiro atoms. The van der Waals surface area contributed by atoms with Crippen molar-refractivity contribution in [2.45, 2.75) is 160 Å². The van der Waals surface area contributed by atoms with E-state index in [1.807, 2.05) is 4.90 Å². The van der Waals surface area contributed by atoms with Gasteiger partial charge in [0.05, 0.1) is 44.2 Å². The van der Waals surface area contributed by atoms with Crippen molar-refractivity contribution in [3.63, 3.8) is 0 Å². The van der Waals surface area contributed by atoms with E-state index in [4.69, 9.17) is 14.2 Å². The molecule has 0 bridgehead atoms. The predicted molar refractivity (Wildman–Crippen MR) is 185 cm³/mol. The average molecular weight is 702 g/mol. The molecule has 1 saturated carbocycles. The lowest BCUT2D eigenvalue weighted by atomic mass is 9.89. The van der Waals surface area contributed by atoms with Crippen molar-refractivity contribution in [1.82, 2.24) is 15.5 Å². The third-order valence-electron chi connectivity index (χ3n) is 9.86. The summed E-state index contributed by atoms with van der Waals surface area (Å²) in [5.41, 5.74) is 0. The Bertz CT molecular complexity index is 939. The first kappa shape index (κ1) is 43.3. The van der Waals surface area contributed by atoms with Crippen molar-refractivity contribution >= 4 is 17.7 Å². The monoisotopic (exact) mass is 701 g/mol. The summed E-state index contributed by atoms with van der Waals surface area (Å²) in [6.07, 6.45) is 8.86. The Labute approximate surface area is 293 Å². The summed E-state index contributed by atoms with van der Waals surface area (Å²) in [5, 5.41) is 44.4. The second-order valence-corrected chi connectivity index (χ2v) is 14.3. The Kier molecular flexibility index (Phi) is 21.5. The maximum absolute atomic E-state index is 13.0. The van der Waals surface area contributed by atoms with Gasteiger partial charge in [0.15, 0.2) is 6.29 Å². The summed E-state index contributed by atoms with van der Waals surface area (Å²) < 4.78 is 17.8. The maximum atomic E-state index is 13.0. The van der Waals surface area contributed by atoms with Gasteiger partial charge >= 0.3 is 0 Å². The normalized spacial score (nSPS) is 23.9. The molecule has 2 fully saturated rings. The van der Waals surface area contributed by atoms with E-state index in [0.29, 0.717) is 57.5 Å². The van der Waals surface area contributed by atoms with Gasteiger partial charge in [0.1, 0.15) is 12.1 Å². The number of ether oxygens (including phenoxy) is 3. The van der Waals surface area contributed by atoms with E-state index in [1.165, 1.54) is 33.1 Å². The number of carbonyl (C=O) groups excluding carboxylic acids is 3. The molecule has 0 radical (unpaired) electrons.